The summed E-state index contributed by atoms with van der Waals surface area (Å²) in [6, 6.07) is 9.33. The zero-order chi connectivity index (χ0) is 18.1. The summed E-state index contributed by atoms with van der Waals surface area (Å²) in [5, 5.41) is 8.83. The van der Waals surface area contributed by atoms with E-state index >= 15 is 0 Å². The number of hydrogen-bond donors (Lipinski definition) is 1. The maximum absolute atomic E-state index is 13.0. The monoisotopic (exact) mass is 368 g/mol. The summed E-state index contributed by atoms with van der Waals surface area (Å²) in [7, 11) is 0. The van der Waals surface area contributed by atoms with Gasteiger partial charge in [-0.25, -0.2) is 4.98 Å². The largest absolute Gasteiger partial charge is 0.337 e. The number of fused-ring (bicyclic) bond motifs is 1. The summed E-state index contributed by atoms with van der Waals surface area (Å²) in [5.74, 6) is 0.267. The molecule has 1 aliphatic heterocycles. The van der Waals surface area contributed by atoms with Crippen molar-refractivity contribution < 1.29 is 4.79 Å². The highest BCUT2D eigenvalue weighted by Gasteiger charge is 2.28. The zero-order valence-corrected chi connectivity index (χ0v) is 15.5. The van der Waals surface area contributed by atoms with E-state index in [4.69, 9.17) is 11.6 Å². The standard InChI is InChI=1S/C20H21ClN4O/c1-2-13-11-22-24-18(13)15-6-4-10-25(12-15)20(26)17-9-8-14-5-3-7-16(21)19(14)23-17/h3,5,7-9,11,15H,2,4,6,10,12H2,1H3,(H,22,24). The molecule has 3 aromatic rings. The van der Waals surface area contributed by atoms with Crippen LogP contribution in [-0.2, 0) is 6.42 Å². The van der Waals surface area contributed by atoms with Crippen molar-refractivity contribution in [3.8, 4) is 0 Å². The summed E-state index contributed by atoms with van der Waals surface area (Å²) in [5.41, 5.74) is 3.53. The second-order valence-corrected chi connectivity index (χ2v) is 7.17. The number of benzene rings is 1. The maximum Gasteiger partial charge on any atom is 0.272 e. The Balaban J connectivity index is 1.59. The Hall–Kier alpha value is -2.40. The minimum absolute atomic E-state index is 0.0333. The Morgan fingerprint density at radius 1 is 1.35 bits per heavy atom. The third-order valence-electron chi connectivity index (χ3n) is 5.14. The lowest BCUT2D eigenvalue weighted by Crippen LogP contribution is -2.39. The molecule has 6 heteroatoms. The molecule has 1 amide bonds. The number of likely N-dealkylation sites (tertiary alicyclic amines) is 1. The third-order valence-corrected chi connectivity index (χ3v) is 5.44. The highest BCUT2D eigenvalue weighted by Crippen LogP contribution is 2.29. The minimum Gasteiger partial charge on any atom is -0.337 e. The lowest BCUT2D eigenvalue weighted by atomic mass is 9.92. The van der Waals surface area contributed by atoms with Crippen LogP contribution in [0.5, 0.6) is 0 Å². The van der Waals surface area contributed by atoms with E-state index in [-0.39, 0.29) is 5.91 Å². The van der Waals surface area contributed by atoms with Crippen LogP contribution < -0.4 is 0 Å². The Morgan fingerprint density at radius 2 is 2.23 bits per heavy atom. The predicted molar refractivity (Wildman–Crippen MR) is 103 cm³/mol. The van der Waals surface area contributed by atoms with Crippen LogP contribution in [0.2, 0.25) is 5.02 Å². The number of H-pyrrole nitrogens is 1. The first-order chi connectivity index (χ1) is 12.7. The summed E-state index contributed by atoms with van der Waals surface area (Å²) >= 11 is 6.25. The van der Waals surface area contributed by atoms with Crippen molar-refractivity contribution in [2.75, 3.05) is 13.1 Å². The highest BCUT2D eigenvalue weighted by atomic mass is 35.5. The number of carbonyl (C=O) groups is 1. The van der Waals surface area contributed by atoms with E-state index in [0.717, 1.165) is 31.2 Å². The summed E-state index contributed by atoms with van der Waals surface area (Å²) in [6.45, 7) is 3.58. The molecule has 0 saturated carbocycles. The number of hydrogen-bond acceptors (Lipinski definition) is 3. The quantitative estimate of drug-likeness (QED) is 0.753. The molecule has 26 heavy (non-hydrogen) atoms. The SMILES string of the molecule is CCc1cn[nH]c1C1CCCN(C(=O)c2ccc3cccc(Cl)c3n2)C1. The second-order valence-electron chi connectivity index (χ2n) is 6.76. The molecule has 1 saturated heterocycles. The molecular formula is C20H21ClN4O. The molecule has 4 rings (SSSR count). The van der Waals surface area contributed by atoms with Crippen LogP contribution in [0.3, 0.4) is 0 Å². The number of pyridine rings is 1. The smallest absolute Gasteiger partial charge is 0.272 e. The number of aryl methyl sites for hydroxylation is 1. The zero-order valence-electron chi connectivity index (χ0n) is 14.7. The van der Waals surface area contributed by atoms with Crippen molar-refractivity contribution in [1.82, 2.24) is 20.1 Å². The lowest BCUT2D eigenvalue weighted by molar-refractivity contribution is 0.0700. The van der Waals surface area contributed by atoms with E-state index in [9.17, 15) is 4.79 Å². The number of amides is 1. The van der Waals surface area contributed by atoms with Gasteiger partial charge in [-0.1, -0.05) is 36.7 Å². The lowest BCUT2D eigenvalue weighted by Gasteiger charge is -2.32. The number of nitrogens with zero attached hydrogens (tertiary/aromatic N) is 3. The maximum atomic E-state index is 13.0. The molecule has 3 heterocycles. The molecular weight excluding hydrogens is 348 g/mol. The van der Waals surface area contributed by atoms with Crippen LogP contribution >= 0.6 is 11.6 Å². The van der Waals surface area contributed by atoms with Crippen LogP contribution in [0.4, 0.5) is 0 Å². The van der Waals surface area contributed by atoms with Crippen molar-refractivity contribution >= 4 is 28.4 Å². The fourth-order valence-corrected chi connectivity index (χ4v) is 3.97. The third kappa shape index (κ3) is 3.07. The van der Waals surface area contributed by atoms with Gasteiger partial charge in [0, 0.05) is 30.1 Å². The highest BCUT2D eigenvalue weighted by molar-refractivity contribution is 6.35. The summed E-state index contributed by atoms with van der Waals surface area (Å²) in [6.07, 6.45) is 4.88. The predicted octanol–water partition coefficient (Wildman–Crippen LogP) is 4.19. The van der Waals surface area contributed by atoms with Crippen molar-refractivity contribution in [2.45, 2.75) is 32.1 Å². The molecule has 1 unspecified atom stereocenters. The topological polar surface area (TPSA) is 61.9 Å². The van der Waals surface area contributed by atoms with Crippen LogP contribution in [0.25, 0.3) is 10.9 Å². The van der Waals surface area contributed by atoms with Crippen LogP contribution in [0.15, 0.2) is 36.5 Å². The number of rotatable bonds is 3. The fraction of sp³-hybridized carbons (Fsp3) is 0.350. The van der Waals surface area contributed by atoms with Gasteiger partial charge < -0.3 is 4.90 Å². The molecule has 1 aromatic carbocycles. The van der Waals surface area contributed by atoms with Gasteiger partial charge in [0.1, 0.15) is 5.69 Å². The molecule has 0 aliphatic carbocycles. The van der Waals surface area contributed by atoms with Crippen molar-refractivity contribution in [3.05, 3.63) is 58.5 Å². The van der Waals surface area contributed by atoms with Gasteiger partial charge in [-0.05, 0) is 37.0 Å². The van der Waals surface area contributed by atoms with E-state index in [0.29, 0.717) is 28.7 Å². The number of carbonyl (C=O) groups excluding carboxylic acids is 1. The van der Waals surface area contributed by atoms with Gasteiger partial charge >= 0.3 is 0 Å². The van der Waals surface area contributed by atoms with Crippen LogP contribution in [0, 0.1) is 0 Å². The van der Waals surface area contributed by atoms with Gasteiger partial charge in [0.2, 0.25) is 0 Å². The molecule has 134 valence electrons. The van der Waals surface area contributed by atoms with E-state index in [2.05, 4.69) is 22.1 Å². The summed E-state index contributed by atoms with van der Waals surface area (Å²) < 4.78 is 0. The van der Waals surface area contributed by atoms with Crippen molar-refractivity contribution in [3.63, 3.8) is 0 Å². The van der Waals surface area contributed by atoms with E-state index < -0.39 is 0 Å². The Bertz CT molecular complexity index is 952. The van der Waals surface area contributed by atoms with E-state index in [1.54, 1.807) is 12.1 Å². The average molecular weight is 369 g/mol. The first-order valence-electron chi connectivity index (χ1n) is 9.04. The van der Waals surface area contributed by atoms with Gasteiger partial charge in [-0.2, -0.15) is 5.10 Å². The summed E-state index contributed by atoms with van der Waals surface area (Å²) in [4.78, 5) is 19.4. The number of para-hydroxylation sites is 1. The molecule has 1 aliphatic rings. The Kier molecular flexibility index (Phi) is 4.64. The number of nitrogens with one attached hydrogen (secondary N) is 1. The average Bonchev–Trinajstić information content (AvgIpc) is 3.16. The molecule has 0 spiro atoms. The molecule has 2 aromatic heterocycles. The molecule has 1 atom stereocenters. The van der Waals surface area contributed by atoms with Crippen LogP contribution in [0.1, 0.15) is 47.4 Å². The molecule has 1 fully saturated rings. The van der Waals surface area contributed by atoms with Crippen molar-refractivity contribution in [1.29, 1.82) is 0 Å². The number of piperidine rings is 1. The fourth-order valence-electron chi connectivity index (χ4n) is 3.75. The van der Waals surface area contributed by atoms with E-state index in [1.807, 2.05) is 29.3 Å². The van der Waals surface area contributed by atoms with Crippen LogP contribution in [-0.4, -0.2) is 39.1 Å². The van der Waals surface area contributed by atoms with Gasteiger partial charge in [0.25, 0.3) is 5.91 Å². The molecule has 5 nitrogen and oxygen atoms in total. The Morgan fingerprint density at radius 3 is 3.08 bits per heavy atom. The molecule has 1 N–H and O–H groups in total. The van der Waals surface area contributed by atoms with Gasteiger partial charge in [0.05, 0.1) is 16.7 Å². The van der Waals surface area contributed by atoms with Gasteiger partial charge in [0.15, 0.2) is 0 Å². The molecule has 0 radical (unpaired) electrons. The van der Waals surface area contributed by atoms with Gasteiger partial charge in [-0.3, -0.25) is 9.89 Å². The second kappa shape index (κ2) is 7.08. The number of halogens is 1. The van der Waals surface area contributed by atoms with Gasteiger partial charge in [-0.15, -0.1) is 0 Å². The first-order valence-corrected chi connectivity index (χ1v) is 9.42. The minimum atomic E-state index is -0.0333. The molecule has 0 bridgehead atoms. The normalized spacial score (nSPS) is 17.6. The van der Waals surface area contributed by atoms with E-state index in [1.165, 1.54) is 11.3 Å². The number of aromatic nitrogens is 3. The van der Waals surface area contributed by atoms with Crippen molar-refractivity contribution in [2.24, 2.45) is 0 Å². The Labute approximate surface area is 157 Å². The first kappa shape index (κ1) is 17.0. The number of aromatic amines is 1.